The number of sulfone groups is 1. The van der Waals surface area contributed by atoms with Gasteiger partial charge in [0.15, 0.2) is 0 Å². The van der Waals surface area contributed by atoms with E-state index in [4.69, 9.17) is 5.26 Å². The predicted octanol–water partition coefficient (Wildman–Crippen LogP) is 2.78. The molecule has 2 rings (SSSR count). The monoisotopic (exact) mass is 368 g/mol. The molecule has 0 fully saturated rings. The molecular formula is C16H11F3N2O3S. The molecule has 0 saturated heterocycles. The molecule has 9 heteroatoms. The first-order valence-corrected chi connectivity index (χ1v) is 8.32. The van der Waals surface area contributed by atoms with Gasteiger partial charge in [-0.2, -0.15) is 18.4 Å². The van der Waals surface area contributed by atoms with E-state index in [1.54, 1.807) is 24.3 Å². The van der Waals surface area contributed by atoms with Gasteiger partial charge < -0.3 is 5.32 Å². The standard InChI is InChI=1S/C16H11F3N2O3S/c17-16(18,19)25(23,24)14-7-5-13(6-8-14)15(22)21-10-12-3-1-11(9-20)2-4-12/h1-8H,10H2,(H,21,22). The van der Waals surface area contributed by atoms with E-state index in [0.29, 0.717) is 5.56 Å². The van der Waals surface area contributed by atoms with Gasteiger partial charge in [0.1, 0.15) is 0 Å². The van der Waals surface area contributed by atoms with E-state index in [9.17, 15) is 26.4 Å². The van der Waals surface area contributed by atoms with E-state index < -0.39 is 26.1 Å². The fourth-order valence-electron chi connectivity index (χ4n) is 1.90. The number of nitrogens with zero attached hydrogens (tertiary/aromatic N) is 1. The van der Waals surface area contributed by atoms with Crippen LogP contribution in [0.15, 0.2) is 53.4 Å². The number of amides is 1. The molecule has 0 heterocycles. The van der Waals surface area contributed by atoms with Crippen molar-refractivity contribution in [1.82, 2.24) is 5.32 Å². The van der Waals surface area contributed by atoms with Crippen molar-refractivity contribution in [1.29, 1.82) is 5.26 Å². The lowest BCUT2D eigenvalue weighted by molar-refractivity contribution is -0.0436. The minimum atomic E-state index is -5.44. The number of rotatable bonds is 4. The Hall–Kier alpha value is -2.86. The van der Waals surface area contributed by atoms with E-state index in [0.717, 1.165) is 29.8 Å². The fraction of sp³-hybridized carbons (Fsp3) is 0.125. The Balaban J connectivity index is 2.06. The number of carbonyl (C=O) groups excluding carboxylic acids is 1. The molecule has 0 atom stereocenters. The highest BCUT2D eigenvalue weighted by Gasteiger charge is 2.46. The number of alkyl halides is 3. The number of nitrogens with one attached hydrogen (secondary N) is 1. The van der Waals surface area contributed by atoms with Crippen molar-refractivity contribution in [2.24, 2.45) is 0 Å². The van der Waals surface area contributed by atoms with Gasteiger partial charge in [-0.05, 0) is 42.0 Å². The number of nitriles is 1. The van der Waals surface area contributed by atoms with E-state index in [2.05, 4.69) is 5.32 Å². The number of hydrogen-bond acceptors (Lipinski definition) is 4. The molecular weight excluding hydrogens is 357 g/mol. The average Bonchev–Trinajstić information content (AvgIpc) is 2.59. The first-order chi connectivity index (χ1) is 11.6. The summed E-state index contributed by atoms with van der Waals surface area (Å²) in [6, 6.07) is 11.9. The van der Waals surface area contributed by atoms with Crippen molar-refractivity contribution in [2.75, 3.05) is 0 Å². The van der Waals surface area contributed by atoms with Crippen LogP contribution in [-0.2, 0) is 16.4 Å². The Morgan fingerprint density at radius 3 is 2.08 bits per heavy atom. The zero-order valence-electron chi connectivity index (χ0n) is 12.5. The minimum absolute atomic E-state index is 0.0229. The minimum Gasteiger partial charge on any atom is -0.348 e. The van der Waals surface area contributed by atoms with Crippen LogP contribution in [0, 0.1) is 11.3 Å². The van der Waals surface area contributed by atoms with Gasteiger partial charge in [-0.15, -0.1) is 0 Å². The lowest BCUT2D eigenvalue weighted by Gasteiger charge is -2.09. The molecule has 130 valence electrons. The second-order valence-corrected chi connectivity index (χ2v) is 6.91. The Kier molecular flexibility index (Phi) is 5.13. The lowest BCUT2D eigenvalue weighted by Crippen LogP contribution is -2.24. The van der Waals surface area contributed by atoms with Crippen molar-refractivity contribution in [3.8, 4) is 6.07 Å². The van der Waals surface area contributed by atoms with Crippen LogP contribution >= 0.6 is 0 Å². The normalized spacial score (nSPS) is 11.6. The molecule has 1 amide bonds. The topological polar surface area (TPSA) is 87.0 Å². The summed E-state index contributed by atoms with van der Waals surface area (Å²) in [6.45, 7) is 0.146. The molecule has 0 bridgehead atoms. The largest absolute Gasteiger partial charge is 0.501 e. The summed E-state index contributed by atoms with van der Waals surface area (Å²) >= 11 is 0. The molecule has 0 unspecified atom stereocenters. The van der Waals surface area contributed by atoms with E-state index >= 15 is 0 Å². The van der Waals surface area contributed by atoms with Crippen LogP contribution < -0.4 is 5.32 Å². The third kappa shape index (κ3) is 4.16. The smallest absolute Gasteiger partial charge is 0.348 e. The highest BCUT2D eigenvalue weighted by Crippen LogP contribution is 2.30. The maximum absolute atomic E-state index is 12.5. The summed E-state index contributed by atoms with van der Waals surface area (Å²) < 4.78 is 59.9. The third-order valence-corrected chi connectivity index (χ3v) is 4.77. The maximum Gasteiger partial charge on any atom is 0.501 e. The summed E-state index contributed by atoms with van der Waals surface area (Å²) in [4.78, 5) is 11.0. The molecule has 5 nitrogen and oxygen atoms in total. The van der Waals surface area contributed by atoms with Crippen molar-refractivity contribution >= 4 is 15.7 Å². The van der Waals surface area contributed by atoms with Gasteiger partial charge in [-0.25, -0.2) is 8.42 Å². The molecule has 0 aromatic heterocycles. The molecule has 0 aliphatic rings. The van der Waals surface area contributed by atoms with Gasteiger partial charge in [-0.1, -0.05) is 12.1 Å². The van der Waals surface area contributed by atoms with Crippen molar-refractivity contribution in [3.63, 3.8) is 0 Å². The van der Waals surface area contributed by atoms with Crippen molar-refractivity contribution < 1.29 is 26.4 Å². The Labute approximate surface area is 141 Å². The second kappa shape index (κ2) is 6.94. The zero-order chi connectivity index (χ0) is 18.7. The fourth-order valence-corrected chi connectivity index (χ4v) is 2.66. The summed E-state index contributed by atoms with van der Waals surface area (Å²) in [5.74, 6) is -0.569. The third-order valence-electron chi connectivity index (χ3n) is 3.27. The Bertz CT molecular complexity index is 913. The summed E-state index contributed by atoms with van der Waals surface area (Å²) in [7, 11) is -5.44. The number of hydrogen-bond donors (Lipinski definition) is 1. The average molecular weight is 368 g/mol. The highest BCUT2D eigenvalue weighted by atomic mass is 32.2. The van der Waals surface area contributed by atoms with Crippen LogP contribution in [0.3, 0.4) is 0 Å². The predicted molar refractivity (Wildman–Crippen MR) is 82.0 cm³/mol. The SMILES string of the molecule is N#Cc1ccc(CNC(=O)c2ccc(S(=O)(=O)C(F)(F)F)cc2)cc1. The molecule has 25 heavy (non-hydrogen) atoms. The quantitative estimate of drug-likeness (QED) is 0.899. The van der Waals surface area contributed by atoms with Gasteiger partial charge in [0, 0.05) is 12.1 Å². The summed E-state index contributed by atoms with van der Waals surface area (Å²) in [5, 5.41) is 11.2. The van der Waals surface area contributed by atoms with E-state index in [1.807, 2.05) is 6.07 Å². The molecule has 0 saturated carbocycles. The first kappa shape index (κ1) is 18.5. The van der Waals surface area contributed by atoms with Crippen LogP contribution in [0.1, 0.15) is 21.5 Å². The van der Waals surface area contributed by atoms with Crippen LogP contribution in [0.5, 0.6) is 0 Å². The highest BCUT2D eigenvalue weighted by molar-refractivity contribution is 7.92. The van der Waals surface area contributed by atoms with Gasteiger partial charge >= 0.3 is 5.51 Å². The van der Waals surface area contributed by atoms with Gasteiger partial charge in [0.05, 0.1) is 16.5 Å². The summed E-state index contributed by atoms with van der Waals surface area (Å²) in [5.41, 5.74) is -4.18. The molecule has 0 radical (unpaired) electrons. The van der Waals surface area contributed by atoms with Crippen LogP contribution in [0.4, 0.5) is 13.2 Å². The van der Waals surface area contributed by atoms with Crippen LogP contribution in [0.25, 0.3) is 0 Å². The van der Waals surface area contributed by atoms with Gasteiger partial charge in [0.25, 0.3) is 15.7 Å². The second-order valence-electron chi connectivity index (χ2n) is 4.96. The molecule has 1 N–H and O–H groups in total. The van der Waals surface area contributed by atoms with Crippen LogP contribution in [-0.4, -0.2) is 19.8 Å². The van der Waals surface area contributed by atoms with Crippen LogP contribution in [0.2, 0.25) is 0 Å². The number of benzene rings is 2. The van der Waals surface area contributed by atoms with E-state index in [1.165, 1.54) is 0 Å². The maximum atomic E-state index is 12.5. The Morgan fingerprint density at radius 2 is 1.60 bits per heavy atom. The molecule has 0 aliphatic carbocycles. The van der Waals surface area contributed by atoms with Gasteiger partial charge in [0.2, 0.25) is 0 Å². The number of carbonyl (C=O) groups is 1. The van der Waals surface area contributed by atoms with Crippen molar-refractivity contribution in [3.05, 3.63) is 65.2 Å². The molecule has 2 aromatic carbocycles. The lowest BCUT2D eigenvalue weighted by atomic mass is 10.1. The molecule has 2 aromatic rings. The summed E-state index contributed by atoms with van der Waals surface area (Å²) in [6.07, 6.45) is 0. The zero-order valence-corrected chi connectivity index (χ0v) is 13.4. The van der Waals surface area contributed by atoms with E-state index in [-0.39, 0.29) is 12.1 Å². The van der Waals surface area contributed by atoms with Gasteiger partial charge in [-0.3, -0.25) is 4.79 Å². The Morgan fingerprint density at radius 1 is 1.04 bits per heavy atom. The molecule has 0 spiro atoms. The molecule has 0 aliphatic heterocycles. The first-order valence-electron chi connectivity index (χ1n) is 6.84. The van der Waals surface area contributed by atoms with Crippen molar-refractivity contribution in [2.45, 2.75) is 16.9 Å². The number of halogens is 3.